The Kier molecular flexibility index (Phi) is 8.84. The fourth-order valence-corrected chi connectivity index (χ4v) is 8.22. The second-order valence-corrected chi connectivity index (χ2v) is 14.5. The standard InChI is InChI=1S/C37H35ClN8O6/c38-29-15-26(5-2-21(29)16-39)52-25-6-3-22(4-7-25)40-34(48)30-9-11-32(43-42-30)44-18-23-14-24(19-44)45(23)17-20-1-8-27-28(13-20)37(51)46(36(27)50)31-10-12-33(47)41-35(31)49/h1-2,5,8-9,11,13,15,22-25,31H,3-4,6-7,10,12,14,17-19H2,(H,40,48)(H,41,47,49). The Morgan fingerprint density at radius 2 is 1.71 bits per heavy atom. The van der Waals surface area contributed by atoms with Gasteiger partial charge in [0.15, 0.2) is 11.5 Å². The number of piperidine rings is 2. The molecule has 9 rings (SSSR count). The van der Waals surface area contributed by atoms with Gasteiger partial charge in [-0.05, 0) is 80.5 Å². The maximum atomic E-state index is 13.3. The highest BCUT2D eigenvalue weighted by atomic mass is 35.5. The average molecular weight is 723 g/mol. The summed E-state index contributed by atoms with van der Waals surface area (Å²) in [6, 6.07) is 15.4. The maximum absolute atomic E-state index is 13.3. The van der Waals surface area contributed by atoms with Crippen molar-refractivity contribution in [2.45, 2.75) is 81.8 Å². The number of hydrogen-bond donors (Lipinski definition) is 2. The van der Waals surface area contributed by atoms with Crippen LogP contribution in [0.25, 0.3) is 0 Å². The Balaban J connectivity index is 0.817. The van der Waals surface area contributed by atoms with Crippen LogP contribution < -0.4 is 20.3 Å². The van der Waals surface area contributed by atoms with E-state index in [4.69, 9.17) is 21.6 Å². The first-order valence-corrected chi connectivity index (χ1v) is 17.9. The Labute approximate surface area is 304 Å². The Morgan fingerprint density at radius 3 is 2.40 bits per heavy atom. The summed E-state index contributed by atoms with van der Waals surface area (Å²) in [7, 11) is 0. The van der Waals surface area contributed by atoms with E-state index in [0.717, 1.165) is 55.7 Å². The lowest BCUT2D eigenvalue weighted by molar-refractivity contribution is -0.136. The van der Waals surface area contributed by atoms with Crippen LogP contribution in [0.4, 0.5) is 5.82 Å². The molecule has 0 spiro atoms. The molecule has 5 amide bonds. The number of rotatable bonds is 8. The van der Waals surface area contributed by atoms with Crippen molar-refractivity contribution in [2.24, 2.45) is 0 Å². The number of aromatic nitrogens is 2. The van der Waals surface area contributed by atoms with E-state index in [2.05, 4.69) is 30.6 Å². The minimum absolute atomic E-state index is 0.00371. The van der Waals surface area contributed by atoms with Crippen LogP contribution in [0, 0.1) is 11.3 Å². The van der Waals surface area contributed by atoms with Gasteiger partial charge in [0, 0.05) is 50.2 Å². The van der Waals surface area contributed by atoms with E-state index in [1.165, 1.54) is 0 Å². The van der Waals surface area contributed by atoms with Crippen LogP contribution in [0.5, 0.6) is 5.75 Å². The lowest BCUT2D eigenvalue weighted by Crippen LogP contribution is -2.68. The smallest absolute Gasteiger partial charge is 0.272 e. The van der Waals surface area contributed by atoms with Gasteiger partial charge in [-0.2, -0.15) is 5.26 Å². The Bertz CT molecular complexity index is 2010. The molecule has 4 saturated heterocycles. The summed E-state index contributed by atoms with van der Waals surface area (Å²) >= 11 is 6.13. The van der Waals surface area contributed by atoms with E-state index < -0.39 is 29.7 Å². The van der Waals surface area contributed by atoms with E-state index in [1.807, 2.05) is 18.2 Å². The van der Waals surface area contributed by atoms with Gasteiger partial charge in [-0.1, -0.05) is 17.7 Å². The highest BCUT2D eigenvalue weighted by molar-refractivity contribution is 6.31. The Hall–Kier alpha value is -5.39. The third kappa shape index (κ3) is 6.35. The van der Waals surface area contributed by atoms with Gasteiger partial charge in [0.2, 0.25) is 11.8 Å². The third-order valence-corrected chi connectivity index (χ3v) is 11.1. The highest BCUT2D eigenvalue weighted by Gasteiger charge is 2.47. The monoisotopic (exact) mass is 722 g/mol. The molecule has 3 unspecified atom stereocenters. The van der Waals surface area contributed by atoms with Crippen molar-refractivity contribution in [1.82, 2.24) is 30.6 Å². The maximum Gasteiger partial charge on any atom is 0.272 e. The molecule has 52 heavy (non-hydrogen) atoms. The van der Waals surface area contributed by atoms with Crippen molar-refractivity contribution in [3.63, 3.8) is 0 Å². The van der Waals surface area contributed by atoms with Gasteiger partial charge < -0.3 is 15.0 Å². The largest absolute Gasteiger partial charge is 0.490 e. The van der Waals surface area contributed by atoms with Gasteiger partial charge in [-0.15, -0.1) is 10.2 Å². The topological polar surface area (TPSA) is 178 Å². The lowest BCUT2D eigenvalue weighted by Gasteiger charge is -2.56. The first kappa shape index (κ1) is 33.7. The van der Waals surface area contributed by atoms with Crippen LogP contribution >= 0.6 is 11.6 Å². The van der Waals surface area contributed by atoms with E-state index in [1.54, 1.807) is 36.4 Å². The molecule has 6 aliphatic rings. The molecular weight excluding hydrogens is 688 g/mol. The van der Waals surface area contributed by atoms with Crippen molar-refractivity contribution < 1.29 is 28.7 Å². The zero-order valence-electron chi connectivity index (χ0n) is 28.1. The normalized spacial score (nSPS) is 25.6. The molecule has 2 bridgehead atoms. The number of carbonyl (C=O) groups excluding carboxylic acids is 5. The first-order valence-electron chi connectivity index (χ1n) is 17.5. The summed E-state index contributed by atoms with van der Waals surface area (Å²) in [4.78, 5) is 68.9. The minimum atomic E-state index is -0.991. The molecule has 1 aliphatic carbocycles. The number of hydrogen-bond acceptors (Lipinski definition) is 11. The quantitative estimate of drug-likeness (QED) is 0.327. The van der Waals surface area contributed by atoms with E-state index in [0.29, 0.717) is 28.7 Å². The van der Waals surface area contributed by atoms with E-state index in [-0.39, 0.29) is 59.8 Å². The predicted molar refractivity (Wildman–Crippen MR) is 185 cm³/mol. The third-order valence-electron chi connectivity index (χ3n) is 10.8. The molecule has 266 valence electrons. The molecule has 3 atom stereocenters. The van der Waals surface area contributed by atoms with Gasteiger partial charge in [0.25, 0.3) is 17.7 Å². The van der Waals surface area contributed by atoms with Crippen LogP contribution in [0.15, 0.2) is 48.5 Å². The average Bonchev–Trinajstić information content (AvgIpc) is 3.39. The molecule has 3 aromatic rings. The van der Waals surface area contributed by atoms with Crippen molar-refractivity contribution in [2.75, 3.05) is 18.0 Å². The van der Waals surface area contributed by atoms with Crippen LogP contribution in [0.1, 0.15) is 87.3 Å². The number of nitrogens with one attached hydrogen (secondary N) is 2. The number of nitrogens with zero attached hydrogens (tertiary/aromatic N) is 6. The molecule has 0 radical (unpaired) electrons. The molecule has 2 N–H and O–H groups in total. The lowest BCUT2D eigenvalue weighted by atomic mass is 9.86. The van der Waals surface area contributed by atoms with Crippen molar-refractivity contribution >= 4 is 47.0 Å². The summed E-state index contributed by atoms with van der Waals surface area (Å²) in [5.41, 5.74) is 2.13. The van der Waals surface area contributed by atoms with Crippen molar-refractivity contribution in [1.29, 1.82) is 5.26 Å². The molecular formula is C37H35ClN8O6. The first-order chi connectivity index (χ1) is 25.1. The van der Waals surface area contributed by atoms with Crippen LogP contribution in [0.3, 0.4) is 0 Å². The number of nitriles is 1. The number of piperazine rings is 1. The number of ether oxygens (including phenoxy) is 1. The molecule has 15 heteroatoms. The molecule has 2 aromatic carbocycles. The Morgan fingerprint density at radius 1 is 0.942 bits per heavy atom. The zero-order valence-corrected chi connectivity index (χ0v) is 28.8. The van der Waals surface area contributed by atoms with E-state index in [9.17, 15) is 24.0 Å². The SMILES string of the molecule is N#Cc1ccc(OC2CCC(NC(=O)c3ccc(N4CC5CC(C4)N5Cc4ccc5c(c4)C(=O)N(C4CCC(=O)NC4=O)C5=O)nn3)CC2)cc1Cl. The van der Waals surface area contributed by atoms with Crippen LogP contribution in [-0.4, -0.2) is 92.9 Å². The summed E-state index contributed by atoms with van der Waals surface area (Å²) in [6.07, 6.45) is 4.31. The number of amides is 5. The van der Waals surface area contributed by atoms with Crippen LogP contribution in [-0.2, 0) is 16.1 Å². The molecule has 14 nitrogen and oxygen atoms in total. The van der Waals surface area contributed by atoms with Crippen molar-refractivity contribution in [3.05, 3.63) is 81.5 Å². The van der Waals surface area contributed by atoms with Gasteiger partial charge in [0.1, 0.15) is 17.9 Å². The van der Waals surface area contributed by atoms with Gasteiger partial charge in [0.05, 0.1) is 27.8 Å². The van der Waals surface area contributed by atoms with Gasteiger partial charge in [-0.3, -0.25) is 39.1 Å². The second kappa shape index (κ2) is 13.6. The molecule has 5 fully saturated rings. The van der Waals surface area contributed by atoms with E-state index >= 15 is 0 Å². The number of imide groups is 2. The fraction of sp³-hybridized carbons (Fsp3) is 0.405. The highest BCUT2D eigenvalue weighted by Crippen LogP contribution is 2.36. The molecule has 1 aromatic heterocycles. The summed E-state index contributed by atoms with van der Waals surface area (Å²) in [5.74, 6) is -0.972. The minimum Gasteiger partial charge on any atom is -0.490 e. The number of anilines is 1. The fourth-order valence-electron chi connectivity index (χ4n) is 8.01. The molecule has 5 aliphatic heterocycles. The van der Waals surface area contributed by atoms with Crippen LogP contribution in [0.2, 0.25) is 5.02 Å². The van der Waals surface area contributed by atoms with Gasteiger partial charge >= 0.3 is 0 Å². The second-order valence-electron chi connectivity index (χ2n) is 14.0. The summed E-state index contributed by atoms with van der Waals surface area (Å²) in [5, 5.41) is 23.4. The molecule has 1 saturated carbocycles. The number of carbonyl (C=O) groups is 5. The number of fused-ring (bicyclic) bond motifs is 3. The van der Waals surface area contributed by atoms with Crippen molar-refractivity contribution in [3.8, 4) is 11.8 Å². The predicted octanol–water partition coefficient (Wildman–Crippen LogP) is 2.99. The van der Waals surface area contributed by atoms with Gasteiger partial charge in [-0.25, -0.2) is 0 Å². The summed E-state index contributed by atoms with van der Waals surface area (Å²) in [6.45, 7) is 2.09. The zero-order chi connectivity index (χ0) is 36.1. The molecule has 6 heterocycles. The summed E-state index contributed by atoms with van der Waals surface area (Å²) < 4.78 is 6.06. The number of benzene rings is 2. The number of halogens is 1.